The first-order chi connectivity index (χ1) is 13.5. The highest BCUT2D eigenvalue weighted by Gasteiger charge is 2.29. The Hall–Kier alpha value is -2.38. The van der Waals surface area contributed by atoms with Crippen LogP contribution in [-0.4, -0.2) is 27.5 Å². The van der Waals surface area contributed by atoms with Crippen LogP contribution in [0.3, 0.4) is 0 Å². The Labute approximate surface area is 173 Å². The van der Waals surface area contributed by atoms with Gasteiger partial charge in [-0.3, -0.25) is 4.79 Å². The smallest absolute Gasteiger partial charge is 0.241 e. The zero-order valence-electron chi connectivity index (χ0n) is 17.8. The van der Waals surface area contributed by atoms with E-state index in [9.17, 15) is 13.2 Å². The van der Waals surface area contributed by atoms with E-state index in [1.807, 2.05) is 39.0 Å². The van der Waals surface area contributed by atoms with Crippen LogP contribution in [-0.2, 0) is 14.8 Å². The van der Waals surface area contributed by atoms with Gasteiger partial charge < -0.3 is 10.1 Å². The van der Waals surface area contributed by atoms with Gasteiger partial charge in [0.1, 0.15) is 11.8 Å². The summed E-state index contributed by atoms with van der Waals surface area (Å²) in [7, 11) is -2.24. The molecule has 2 aromatic carbocycles. The normalized spacial score (nSPS) is 13.8. The van der Waals surface area contributed by atoms with Gasteiger partial charge in [-0.15, -0.1) is 0 Å². The lowest BCUT2D eigenvalue weighted by atomic mass is 10.0. The monoisotopic (exact) mass is 418 g/mol. The predicted molar refractivity (Wildman–Crippen MR) is 114 cm³/mol. The van der Waals surface area contributed by atoms with Gasteiger partial charge in [0.15, 0.2) is 0 Å². The van der Waals surface area contributed by atoms with Gasteiger partial charge in [-0.05, 0) is 44.9 Å². The molecule has 2 aromatic rings. The van der Waals surface area contributed by atoms with Gasteiger partial charge >= 0.3 is 0 Å². The van der Waals surface area contributed by atoms with Gasteiger partial charge in [-0.2, -0.15) is 4.72 Å². The molecule has 2 N–H and O–H groups in total. The Bertz CT molecular complexity index is 953. The summed E-state index contributed by atoms with van der Waals surface area (Å²) in [6.07, 6.45) is 0. The Morgan fingerprint density at radius 1 is 0.966 bits per heavy atom. The number of carbonyl (C=O) groups is 1. The van der Waals surface area contributed by atoms with Crippen molar-refractivity contribution in [2.75, 3.05) is 7.11 Å². The maximum atomic E-state index is 12.9. The number of hydrogen-bond donors (Lipinski definition) is 2. The Balaban J connectivity index is 2.21. The molecule has 0 heterocycles. The fraction of sp³-hybridized carbons (Fsp3) is 0.409. The number of nitrogens with one attached hydrogen (secondary N) is 2. The van der Waals surface area contributed by atoms with E-state index in [0.717, 1.165) is 16.7 Å². The number of methoxy groups -OCH3 is 1. The average Bonchev–Trinajstić information content (AvgIpc) is 2.66. The van der Waals surface area contributed by atoms with Crippen LogP contribution in [0.4, 0.5) is 0 Å². The van der Waals surface area contributed by atoms with E-state index in [1.54, 1.807) is 33.1 Å². The van der Waals surface area contributed by atoms with Crippen molar-refractivity contribution in [1.29, 1.82) is 0 Å². The summed E-state index contributed by atoms with van der Waals surface area (Å²) in [5.41, 5.74) is 2.84. The van der Waals surface area contributed by atoms with Crippen molar-refractivity contribution in [1.82, 2.24) is 10.0 Å². The van der Waals surface area contributed by atoms with Crippen molar-refractivity contribution in [3.8, 4) is 5.75 Å². The standard InChI is InChI=1S/C22H30N2O4S/c1-14(2)21(24-29(26,27)18-10-7-15(3)8-11-18)22(25)23-17(5)19-13-16(4)9-12-20(19)28-6/h7-14,17,21,24H,1-6H3,(H,23,25)/t17-,21+/m0/s1. The highest BCUT2D eigenvalue weighted by molar-refractivity contribution is 7.89. The predicted octanol–water partition coefficient (Wildman–Crippen LogP) is 3.49. The molecule has 0 bridgehead atoms. The zero-order chi connectivity index (χ0) is 21.8. The number of sulfonamides is 1. The molecule has 2 rings (SSSR count). The van der Waals surface area contributed by atoms with Crippen molar-refractivity contribution in [2.45, 2.75) is 51.6 Å². The molecule has 0 aliphatic heterocycles. The van der Waals surface area contributed by atoms with Crippen LogP contribution in [0.15, 0.2) is 47.4 Å². The fourth-order valence-corrected chi connectivity index (χ4v) is 4.36. The molecule has 0 saturated carbocycles. The molecule has 29 heavy (non-hydrogen) atoms. The molecule has 6 nitrogen and oxygen atoms in total. The molecule has 0 fully saturated rings. The van der Waals surface area contributed by atoms with Gasteiger partial charge in [-0.25, -0.2) is 8.42 Å². The number of benzene rings is 2. The molecular weight excluding hydrogens is 388 g/mol. The highest BCUT2D eigenvalue weighted by atomic mass is 32.2. The van der Waals surface area contributed by atoms with Crippen LogP contribution >= 0.6 is 0 Å². The molecule has 1 amide bonds. The largest absolute Gasteiger partial charge is 0.496 e. The lowest BCUT2D eigenvalue weighted by Gasteiger charge is -2.25. The molecule has 158 valence electrons. The van der Waals surface area contributed by atoms with Crippen molar-refractivity contribution in [3.05, 3.63) is 59.2 Å². The van der Waals surface area contributed by atoms with Gasteiger partial charge in [0, 0.05) is 5.56 Å². The molecule has 0 aliphatic rings. The lowest BCUT2D eigenvalue weighted by molar-refractivity contribution is -0.124. The minimum Gasteiger partial charge on any atom is -0.496 e. The van der Waals surface area contributed by atoms with E-state index >= 15 is 0 Å². The third kappa shape index (κ3) is 5.81. The quantitative estimate of drug-likeness (QED) is 0.687. The zero-order valence-corrected chi connectivity index (χ0v) is 18.6. The number of aryl methyl sites for hydroxylation is 2. The second-order valence-electron chi connectivity index (χ2n) is 7.63. The first-order valence-corrected chi connectivity index (χ1v) is 11.1. The minimum atomic E-state index is -3.82. The minimum absolute atomic E-state index is 0.134. The van der Waals surface area contributed by atoms with E-state index < -0.39 is 16.1 Å². The molecule has 0 aromatic heterocycles. The first kappa shape index (κ1) is 22.9. The van der Waals surface area contributed by atoms with Crippen LogP contribution in [0.5, 0.6) is 5.75 Å². The summed E-state index contributed by atoms with van der Waals surface area (Å²) in [4.78, 5) is 13.1. The van der Waals surface area contributed by atoms with Crippen LogP contribution < -0.4 is 14.8 Å². The fourth-order valence-electron chi connectivity index (χ4n) is 3.02. The van der Waals surface area contributed by atoms with Crippen LogP contribution in [0.1, 0.15) is 43.5 Å². The number of carbonyl (C=O) groups excluding carboxylic acids is 1. The molecule has 0 unspecified atom stereocenters. The van der Waals surface area contributed by atoms with Crippen LogP contribution in [0, 0.1) is 19.8 Å². The average molecular weight is 419 g/mol. The maximum Gasteiger partial charge on any atom is 0.241 e. The van der Waals surface area contributed by atoms with Gasteiger partial charge in [0.2, 0.25) is 15.9 Å². The number of rotatable bonds is 8. The molecule has 0 saturated heterocycles. The third-order valence-corrected chi connectivity index (χ3v) is 6.23. The van der Waals surface area contributed by atoms with Gasteiger partial charge in [0.05, 0.1) is 18.0 Å². The summed E-state index contributed by atoms with van der Waals surface area (Å²) >= 11 is 0. The molecular formula is C22H30N2O4S. The molecule has 0 radical (unpaired) electrons. The Kier molecular flexibility index (Phi) is 7.43. The molecule has 7 heteroatoms. The summed E-state index contributed by atoms with van der Waals surface area (Å²) < 4.78 is 33.5. The van der Waals surface area contributed by atoms with Crippen LogP contribution in [0.2, 0.25) is 0 Å². The van der Waals surface area contributed by atoms with E-state index in [4.69, 9.17) is 4.74 Å². The van der Waals surface area contributed by atoms with Crippen molar-refractivity contribution in [3.63, 3.8) is 0 Å². The molecule has 0 spiro atoms. The van der Waals surface area contributed by atoms with Crippen molar-refractivity contribution >= 4 is 15.9 Å². The maximum absolute atomic E-state index is 12.9. The first-order valence-electron chi connectivity index (χ1n) is 9.59. The Morgan fingerprint density at radius 2 is 1.55 bits per heavy atom. The van der Waals surface area contributed by atoms with E-state index in [2.05, 4.69) is 10.0 Å². The SMILES string of the molecule is COc1ccc(C)cc1[C@H](C)NC(=O)[C@H](NS(=O)(=O)c1ccc(C)cc1)C(C)C. The summed E-state index contributed by atoms with van der Waals surface area (Å²) in [6, 6.07) is 11.0. The molecule has 0 aliphatic carbocycles. The van der Waals surface area contributed by atoms with Crippen molar-refractivity contribution < 1.29 is 17.9 Å². The second kappa shape index (κ2) is 9.41. The summed E-state index contributed by atoms with van der Waals surface area (Å²) in [5, 5.41) is 2.92. The third-order valence-electron chi connectivity index (χ3n) is 4.77. The number of amides is 1. The van der Waals surface area contributed by atoms with E-state index in [1.165, 1.54) is 12.1 Å². The van der Waals surface area contributed by atoms with Crippen molar-refractivity contribution in [2.24, 2.45) is 5.92 Å². The summed E-state index contributed by atoms with van der Waals surface area (Å²) in [5.74, 6) is 0.0540. The second-order valence-corrected chi connectivity index (χ2v) is 9.35. The van der Waals surface area contributed by atoms with E-state index in [-0.39, 0.29) is 22.8 Å². The topological polar surface area (TPSA) is 84.5 Å². The van der Waals surface area contributed by atoms with Crippen LogP contribution in [0.25, 0.3) is 0 Å². The van der Waals surface area contributed by atoms with Gasteiger partial charge in [0.25, 0.3) is 0 Å². The highest BCUT2D eigenvalue weighted by Crippen LogP contribution is 2.26. The number of hydrogen-bond acceptors (Lipinski definition) is 4. The lowest BCUT2D eigenvalue weighted by Crippen LogP contribution is -2.50. The Morgan fingerprint density at radius 3 is 2.10 bits per heavy atom. The number of ether oxygens (including phenoxy) is 1. The summed E-state index contributed by atoms with van der Waals surface area (Å²) in [6.45, 7) is 9.31. The van der Waals surface area contributed by atoms with Gasteiger partial charge in [-0.1, -0.05) is 49.2 Å². The molecule has 2 atom stereocenters. The van der Waals surface area contributed by atoms with E-state index in [0.29, 0.717) is 5.75 Å².